The fourth-order valence-corrected chi connectivity index (χ4v) is 1.56. The van der Waals surface area contributed by atoms with Crippen LogP contribution in [0.25, 0.3) is 5.65 Å². The van der Waals surface area contributed by atoms with Crippen molar-refractivity contribution in [3.63, 3.8) is 0 Å². The van der Waals surface area contributed by atoms with Crippen LogP contribution in [0.2, 0.25) is 0 Å². The number of imidazole rings is 1. The standard InChI is InChI=1S/C10H8BrN3O/c1-2-3-6-15-10-9-12-4-5-14(9)7-8(11)13-10/h1,4-5,7H,3,6H2. The molecule has 2 rings (SSSR count). The lowest BCUT2D eigenvalue weighted by molar-refractivity contribution is 0.316. The number of nitrogens with zero attached hydrogens (tertiary/aromatic N) is 3. The SMILES string of the molecule is C#CCCOc1nc(Br)cn2ccnc12. The zero-order valence-corrected chi connectivity index (χ0v) is 9.44. The van der Waals surface area contributed by atoms with Gasteiger partial charge in [-0.05, 0) is 15.9 Å². The van der Waals surface area contributed by atoms with Crippen LogP contribution in [-0.4, -0.2) is 21.0 Å². The zero-order chi connectivity index (χ0) is 10.7. The van der Waals surface area contributed by atoms with E-state index in [0.717, 1.165) is 0 Å². The Hall–Kier alpha value is -1.54. The highest BCUT2D eigenvalue weighted by atomic mass is 79.9. The van der Waals surface area contributed by atoms with E-state index in [1.54, 1.807) is 6.20 Å². The van der Waals surface area contributed by atoms with Crippen molar-refractivity contribution in [2.24, 2.45) is 0 Å². The van der Waals surface area contributed by atoms with Gasteiger partial charge in [0.15, 0.2) is 0 Å². The Labute approximate surface area is 95.4 Å². The number of hydrogen-bond acceptors (Lipinski definition) is 3. The molecular formula is C10H8BrN3O. The molecule has 0 amide bonds. The lowest BCUT2D eigenvalue weighted by Gasteiger charge is -2.04. The van der Waals surface area contributed by atoms with Crippen LogP contribution in [0, 0.1) is 12.3 Å². The third-order valence-corrected chi connectivity index (χ3v) is 2.18. The minimum Gasteiger partial charge on any atom is -0.474 e. The molecule has 0 bridgehead atoms. The Kier molecular flexibility index (Phi) is 2.88. The van der Waals surface area contributed by atoms with Crippen LogP contribution in [0.4, 0.5) is 0 Å². The van der Waals surface area contributed by atoms with Gasteiger partial charge in [0.2, 0.25) is 5.65 Å². The molecule has 0 saturated carbocycles. The molecule has 5 heteroatoms. The van der Waals surface area contributed by atoms with Crippen LogP contribution in [0.1, 0.15) is 6.42 Å². The largest absolute Gasteiger partial charge is 0.474 e. The summed E-state index contributed by atoms with van der Waals surface area (Å²) >= 11 is 3.30. The molecule has 2 heterocycles. The van der Waals surface area contributed by atoms with E-state index in [0.29, 0.717) is 29.2 Å². The molecule has 2 aromatic rings. The Morgan fingerprint density at radius 3 is 3.27 bits per heavy atom. The minimum atomic E-state index is 0.447. The number of aromatic nitrogens is 3. The van der Waals surface area contributed by atoms with Crippen LogP contribution in [-0.2, 0) is 0 Å². The highest BCUT2D eigenvalue weighted by Crippen LogP contribution is 2.18. The van der Waals surface area contributed by atoms with Gasteiger partial charge < -0.3 is 4.74 Å². The van der Waals surface area contributed by atoms with Crippen LogP contribution >= 0.6 is 15.9 Å². The number of rotatable bonds is 3. The number of fused-ring (bicyclic) bond motifs is 1. The molecule has 2 aromatic heterocycles. The second-order valence-electron chi connectivity index (χ2n) is 2.83. The Balaban J connectivity index is 2.32. The second-order valence-corrected chi connectivity index (χ2v) is 3.64. The highest BCUT2D eigenvalue weighted by molar-refractivity contribution is 9.10. The smallest absolute Gasteiger partial charge is 0.259 e. The third kappa shape index (κ3) is 2.10. The fraction of sp³-hybridized carbons (Fsp3) is 0.200. The van der Waals surface area contributed by atoms with Crippen molar-refractivity contribution in [1.82, 2.24) is 14.4 Å². The van der Waals surface area contributed by atoms with Crippen molar-refractivity contribution in [2.45, 2.75) is 6.42 Å². The van der Waals surface area contributed by atoms with Gasteiger partial charge in [-0.15, -0.1) is 12.3 Å². The molecule has 0 aliphatic heterocycles. The molecule has 0 N–H and O–H groups in total. The monoisotopic (exact) mass is 265 g/mol. The summed E-state index contributed by atoms with van der Waals surface area (Å²) in [5.74, 6) is 2.99. The first-order valence-corrected chi connectivity index (χ1v) is 5.16. The van der Waals surface area contributed by atoms with Gasteiger partial charge in [0.25, 0.3) is 5.88 Å². The maximum atomic E-state index is 5.43. The van der Waals surface area contributed by atoms with E-state index in [1.165, 1.54) is 0 Å². The van der Waals surface area contributed by atoms with Crippen LogP contribution in [0.3, 0.4) is 0 Å². The Bertz CT molecular complexity index is 515. The van der Waals surface area contributed by atoms with Gasteiger partial charge in [0, 0.05) is 25.0 Å². The van der Waals surface area contributed by atoms with Gasteiger partial charge in [0.05, 0.1) is 0 Å². The Morgan fingerprint density at radius 1 is 1.60 bits per heavy atom. The molecule has 76 valence electrons. The van der Waals surface area contributed by atoms with Crippen LogP contribution in [0.15, 0.2) is 23.2 Å². The summed E-state index contributed by atoms with van der Waals surface area (Å²) in [5, 5.41) is 0. The van der Waals surface area contributed by atoms with Crippen molar-refractivity contribution in [2.75, 3.05) is 6.61 Å². The topological polar surface area (TPSA) is 39.4 Å². The van der Waals surface area contributed by atoms with Gasteiger partial charge >= 0.3 is 0 Å². The highest BCUT2D eigenvalue weighted by Gasteiger charge is 2.06. The summed E-state index contributed by atoms with van der Waals surface area (Å²) in [4.78, 5) is 8.33. The van der Waals surface area contributed by atoms with Crippen molar-refractivity contribution in [3.05, 3.63) is 23.2 Å². The summed E-state index contributed by atoms with van der Waals surface area (Å²) in [6.45, 7) is 0.447. The zero-order valence-electron chi connectivity index (χ0n) is 7.85. The molecular weight excluding hydrogens is 258 g/mol. The molecule has 0 saturated heterocycles. The summed E-state index contributed by atoms with van der Waals surface area (Å²) in [7, 11) is 0. The number of terminal acetylenes is 1. The van der Waals surface area contributed by atoms with Gasteiger partial charge in [0.1, 0.15) is 11.2 Å². The van der Waals surface area contributed by atoms with Gasteiger partial charge in [-0.1, -0.05) is 0 Å². The van der Waals surface area contributed by atoms with E-state index in [2.05, 4.69) is 31.8 Å². The first kappa shape index (κ1) is 9.99. The van der Waals surface area contributed by atoms with Crippen molar-refractivity contribution in [1.29, 1.82) is 0 Å². The quantitative estimate of drug-likeness (QED) is 0.629. The minimum absolute atomic E-state index is 0.447. The molecule has 0 unspecified atom stereocenters. The molecule has 0 spiro atoms. The van der Waals surface area contributed by atoms with Crippen molar-refractivity contribution >= 4 is 21.6 Å². The lowest BCUT2D eigenvalue weighted by atomic mass is 10.5. The maximum absolute atomic E-state index is 5.43. The maximum Gasteiger partial charge on any atom is 0.259 e. The molecule has 0 radical (unpaired) electrons. The van der Waals surface area contributed by atoms with E-state index in [9.17, 15) is 0 Å². The predicted octanol–water partition coefficient (Wildman–Crippen LogP) is 1.89. The second kappa shape index (κ2) is 4.32. The molecule has 0 fully saturated rings. The van der Waals surface area contributed by atoms with E-state index < -0.39 is 0 Å². The van der Waals surface area contributed by atoms with Crippen LogP contribution in [0.5, 0.6) is 5.88 Å². The molecule has 0 aromatic carbocycles. The van der Waals surface area contributed by atoms with Gasteiger partial charge in [-0.25, -0.2) is 9.97 Å². The summed E-state index contributed by atoms with van der Waals surface area (Å²) in [5.41, 5.74) is 0.690. The summed E-state index contributed by atoms with van der Waals surface area (Å²) < 4.78 is 7.97. The van der Waals surface area contributed by atoms with Crippen LogP contribution < -0.4 is 4.74 Å². The van der Waals surface area contributed by atoms with Gasteiger partial charge in [-0.2, -0.15) is 0 Å². The number of halogens is 1. The number of ether oxygens (including phenoxy) is 1. The average molecular weight is 266 g/mol. The van der Waals surface area contributed by atoms with Crippen molar-refractivity contribution in [3.8, 4) is 18.2 Å². The normalized spacial score (nSPS) is 10.1. The summed E-state index contributed by atoms with van der Waals surface area (Å²) in [6.07, 6.45) is 11.0. The molecule has 15 heavy (non-hydrogen) atoms. The fourth-order valence-electron chi connectivity index (χ4n) is 1.18. The lowest BCUT2D eigenvalue weighted by Crippen LogP contribution is -2.01. The predicted molar refractivity (Wildman–Crippen MR) is 59.6 cm³/mol. The first-order chi connectivity index (χ1) is 7.31. The molecule has 0 aliphatic carbocycles. The Morgan fingerprint density at radius 2 is 2.47 bits per heavy atom. The number of hydrogen-bond donors (Lipinski definition) is 0. The van der Waals surface area contributed by atoms with E-state index in [-0.39, 0.29) is 0 Å². The molecule has 0 aliphatic rings. The summed E-state index contributed by atoms with van der Waals surface area (Å²) in [6, 6.07) is 0. The van der Waals surface area contributed by atoms with Crippen molar-refractivity contribution < 1.29 is 4.74 Å². The molecule has 0 atom stereocenters. The van der Waals surface area contributed by atoms with E-state index in [1.807, 2.05) is 16.8 Å². The third-order valence-electron chi connectivity index (χ3n) is 1.80. The first-order valence-electron chi connectivity index (χ1n) is 4.37. The van der Waals surface area contributed by atoms with E-state index in [4.69, 9.17) is 11.2 Å². The average Bonchev–Trinajstić information content (AvgIpc) is 2.65. The van der Waals surface area contributed by atoms with E-state index >= 15 is 0 Å². The molecule has 4 nitrogen and oxygen atoms in total. The van der Waals surface area contributed by atoms with Gasteiger partial charge in [-0.3, -0.25) is 4.40 Å².